The van der Waals surface area contributed by atoms with Crippen LogP contribution in [0.15, 0.2) is 18.2 Å². The molecule has 0 fully saturated rings. The van der Waals surface area contributed by atoms with E-state index in [9.17, 15) is 0 Å². The third-order valence-electron chi connectivity index (χ3n) is 2.44. The molecule has 0 saturated carbocycles. The fourth-order valence-corrected chi connectivity index (χ4v) is 1.50. The molecule has 0 aliphatic heterocycles. The molecule has 0 amide bonds. The van der Waals surface area contributed by atoms with Crippen molar-refractivity contribution in [3.8, 4) is 5.75 Å². The number of hydrogen-bond donors (Lipinski definition) is 2. The fourth-order valence-electron chi connectivity index (χ4n) is 1.50. The predicted octanol–water partition coefficient (Wildman–Crippen LogP) is 1.92. The summed E-state index contributed by atoms with van der Waals surface area (Å²) in [5.74, 6) is 6.37. The first-order chi connectivity index (χ1) is 6.72. The van der Waals surface area contributed by atoms with Gasteiger partial charge in [-0.1, -0.05) is 19.1 Å². The molecule has 0 bridgehead atoms. The molecule has 3 nitrogen and oxygen atoms in total. The Kier molecular flexibility index (Phi) is 3.92. The van der Waals surface area contributed by atoms with E-state index in [4.69, 9.17) is 10.6 Å². The van der Waals surface area contributed by atoms with Crippen molar-refractivity contribution in [1.29, 1.82) is 0 Å². The zero-order chi connectivity index (χ0) is 10.6. The topological polar surface area (TPSA) is 47.3 Å². The summed E-state index contributed by atoms with van der Waals surface area (Å²) in [6.45, 7) is 4.12. The van der Waals surface area contributed by atoms with Crippen LogP contribution in [0.1, 0.15) is 30.5 Å². The Bertz CT molecular complexity index is 295. The summed E-state index contributed by atoms with van der Waals surface area (Å²) in [4.78, 5) is 0. The number of hydrogen-bond acceptors (Lipinski definition) is 3. The molecule has 3 N–H and O–H groups in total. The Hall–Kier alpha value is -1.06. The van der Waals surface area contributed by atoms with Gasteiger partial charge in [-0.15, -0.1) is 0 Å². The molecule has 78 valence electrons. The molecule has 0 aliphatic carbocycles. The summed E-state index contributed by atoms with van der Waals surface area (Å²) in [5.41, 5.74) is 5.09. The minimum Gasteiger partial charge on any atom is -0.496 e. The van der Waals surface area contributed by atoms with Crippen molar-refractivity contribution < 1.29 is 4.74 Å². The first kappa shape index (κ1) is 11.0. The number of ether oxygens (including phenoxy) is 1. The first-order valence-corrected chi connectivity index (χ1v) is 4.83. The molecule has 0 aliphatic rings. The number of nitrogens with one attached hydrogen (secondary N) is 1. The summed E-state index contributed by atoms with van der Waals surface area (Å²) >= 11 is 0. The number of methoxy groups -OCH3 is 1. The number of aryl methyl sites for hydroxylation is 1. The molecule has 1 atom stereocenters. The Labute approximate surface area is 85.2 Å². The second-order valence-corrected chi connectivity index (χ2v) is 3.36. The van der Waals surface area contributed by atoms with Crippen molar-refractivity contribution in [2.24, 2.45) is 5.84 Å². The van der Waals surface area contributed by atoms with E-state index in [1.54, 1.807) is 7.11 Å². The van der Waals surface area contributed by atoms with Gasteiger partial charge in [0.2, 0.25) is 0 Å². The maximum absolute atomic E-state index is 5.45. The maximum atomic E-state index is 5.45. The Morgan fingerprint density at radius 1 is 1.50 bits per heavy atom. The van der Waals surface area contributed by atoms with Crippen LogP contribution in [-0.2, 0) is 0 Å². The van der Waals surface area contributed by atoms with Crippen molar-refractivity contribution in [3.05, 3.63) is 29.3 Å². The highest BCUT2D eigenvalue weighted by atomic mass is 16.5. The molecular formula is C11H18N2O. The Morgan fingerprint density at radius 3 is 2.71 bits per heavy atom. The van der Waals surface area contributed by atoms with Crippen LogP contribution in [-0.4, -0.2) is 7.11 Å². The van der Waals surface area contributed by atoms with E-state index in [1.807, 2.05) is 19.1 Å². The van der Waals surface area contributed by atoms with E-state index in [0.29, 0.717) is 0 Å². The number of rotatable bonds is 4. The van der Waals surface area contributed by atoms with Crippen molar-refractivity contribution in [1.82, 2.24) is 5.43 Å². The van der Waals surface area contributed by atoms with Crippen molar-refractivity contribution in [3.63, 3.8) is 0 Å². The molecule has 1 rings (SSSR count). The second-order valence-electron chi connectivity index (χ2n) is 3.36. The molecule has 0 spiro atoms. The summed E-state index contributed by atoms with van der Waals surface area (Å²) in [6.07, 6.45) is 0.961. The van der Waals surface area contributed by atoms with Gasteiger partial charge in [-0.2, -0.15) is 0 Å². The highest BCUT2D eigenvalue weighted by molar-refractivity contribution is 5.37. The zero-order valence-corrected chi connectivity index (χ0v) is 9.00. The molecule has 0 heterocycles. The quantitative estimate of drug-likeness (QED) is 0.568. The summed E-state index contributed by atoms with van der Waals surface area (Å²) in [5, 5.41) is 0. The minimum absolute atomic E-state index is 0.199. The lowest BCUT2D eigenvalue weighted by atomic mass is 10.0. The van der Waals surface area contributed by atoms with Crippen molar-refractivity contribution >= 4 is 0 Å². The van der Waals surface area contributed by atoms with Crippen LogP contribution in [0.3, 0.4) is 0 Å². The molecule has 1 unspecified atom stereocenters. The summed E-state index contributed by atoms with van der Waals surface area (Å²) in [6, 6.07) is 6.35. The van der Waals surface area contributed by atoms with E-state index in [-0.39, 0.29) is 6.04 Å². The van der Waals surface area contributed by atoms with Gasteiger partial charge in [0, 0.05) is 6.04 Å². The fraction of sp³-hybridized carbons (Fsp3) is 0.455. The Morgan fingerprint density at radius 2 is 2.21 bits per heavy atom. The molecule has 0 saturated heterocycles. The lowest BCUT2D eigenvalue weighted by molar-refractivity contribution is 0.409. The molecule has 0 aromatic heterocycles. The minimum atomic E-state index is 0.199. The summed E-state index contributed by atoms with van der Waals surface area (Å²) < 4.78 is 5.26. The van der Waals surface area contributed by atoms with Crippen LogP contribution in [0.2, 0.25) is 0 Å². The third-order valence-corrected chi connectivity index (χ3v) is 2.44. The molecule has 3 heteroatoms. The van der Waals surface area contributed by atoms with Gasteiger partial charge in [-0.05, 0) is 30.5 Å². The van der Waals surface area contributed by atoms with Gasteiger partial charge in [0.05, 0.1) is 7.11 Å². The number of benzene rings is 1. The summed E-state index contributed by atoms with van der Waals surface area (Å²) in [7, 11) is 1.68. The normalized spacial score (nSPS) is 12.6. The van der Waals surface area contributed by atoms with Crippen molar-refractivity contribution in [2.75, 3.05) is 7.11 Å². The number of hydrazine groups is 1. The van der Waals surface area contributed by atoms with Crippen LogP contribution in [0, 0.1) is 6.92 Å². The van der Waals surface area contributed by atoms with Gasteiger partial charge < -0.3 is 4.74 Å². The third kappa shape index (κ3) is 2.25. The van der Waals surface area contributed by atoms with Crippen LogP contribution in [0.4, 0.5) is 0 Å². The molecule has 1 aromatic rings. The highest BCUT2D eigenvalue weighted by Crippen LogP contribution is 2.24. The average Bonchev–Trinajstić information content (AvgIpc) is 2.22. The molecular weight excluding hydrogens is 176 g/mol. The molecule has 0 radical (unpaired) electrons. The SMILES string of the molecule is CCC(NN)c1ccc(C)c(OC)c1. The van der Waals surface area contributed by atoms with Crippen molar-refractivity contribution in [2.45, 2.75) is 26.3 Å². The van der Waals surface area contributed by atoms with E-state index in [2.05, 4.69) is 18.4 Å². The average molecular weight is 194 g/mol. The van der Waals surface area contributed by atoms with Crippen LogP contribution in [0.25, 0.3) is 0 Å². The second kappa shape index (κ2) is 4.98. The number of nitrogens with two attached hydrogens (primary N) is 1. The van der Waals surface area contributed by atoms with Gasteiger partial charge in [-0.25, -0.2) is 0 Å². The van der Waals surface area contributed by atoms with Gasteiger partial charge in [-0.3, -0.25) is 11.3 Å². The van der Waals surface area contributed by atoms with E-state index >= 15 is 0 Å². The van der Waals surface area contributed by atoms with Gasteiger partial charge >= 0.3 is 0 Å². The van der Waals surface area contributed by atoms with Crippen LogP contribution < -0.4 is 16.0 Å². The monoisotopic (exact) mass is 194 g/mol. The van der Waals surface area contributed by atoms with Crippen LogP contribution >= 0.6 is 0 Å². The predicted molar refractivity (Wildman–Crippen MR) is 58.1 cm³/mol. The zero-order valence-electron chi connectivity index (χ0n) is 9.00. The maximum Gasteiger partial charge on any atom is 0.122 e. The first-order valence-electron chi connectivity index (χ1n) is 4.83. The van der Waals surface area contributed by atoms with E-state index in [1.165, 1.54) is 0 Å². The molecule has 1 aromatic carbocycles. The van der Waals surface area contributed by atoms with E-state index < -0.39 is 0 Å². The molecule has 14 heavy (non-hydrogen) atoms. The van der Waals surface area contributed by atoms with E-state index in [0.717, 1.165) is 23.3 Å². The Balaban J connectivity index is 2.98. The van der Waals surface area contributed by atoms with Gasteiger partial charge in [0.15, 0.2) is 0 Å². The lowest BCUT2D eigenvalue weighted by Crippen LogP contribution is -2.27. The van der Waals surface area contributed by atoms with Crippen LogP contribution in [0.5, 0.6) is 5.75 Å². The highest BCUT2D eigenvalue weighted by Gasteiger charge is 2.08. The van der Waals surface area contributed by atoms with Gasteiger partial charge in [0.1, 0.15) is 5.75 Å². The smallest absolute Gasteiger partial charge is 0.122 e. The largest absolute Gasteiger partial charge is 0.496 e. The lowest BCUT2D eigenvalue weighted by Gasteiger charge is -2.15. The standard InChI is InChI=1S/C11H18N2O/c1-4-10(13-12)9-6-5-8(2)11(7-9)14-3/h5-7,10,13H,4,12H2,1-3H3. The van der Waals surface area contributed by atoms with Gasteiger partial charge in [0.25, 0.3) is 0 Å².